The summed E-state index contributed by atoms with van der Waals surface area (Å²) in [6, 6.07) is -0.114. The van der Waals surface area contributed by atoms with Gasteiger partial charge in [-0.25, -0.2) is 0 Å². The van der Waals surface area contributed by atoms with E-state index in [9.17, 15) is 4.79 Å². The smallest absolute Gasteiger partial charge is 0.226 e. The Labute approximate surface area is 107 Å². The Morgan fingerprint density at radius 1 is 1.56 bits per heavy atom. The summed E-state index contributed by atoms with van der Waals surface area (Å²) in [6.07, 6.45) is 3.40. The summed E-state index contributed by atoms with van der Waals surface area (Å²) in [6.45, 7) is 5.78. The van der Waals surface area contributed by atoms with Crippen LogP contribution in [0.2, 0.25) is 0 Å². The highest BCUT2D eigenvalue weighted by molar-refractivity contribution is 5.82. The average molecular weight is 251 g/mol. The van der Waals surface area contributed by atoms with Crippen LogP contribution >= 0.6 is 0 Å². The molecular weight excluding hydrogens is 230 g/mol. The van der Waals surface area contributed by atoms with Crippen LogP contribution in [0.15, 0.2) is 6.33 Å². The quantitative estimate of drug-likeness (QED) is 0.815. The molecule has 100 valence electrons. The molecule has 2 rings (SSSR count). The zero-order valence-electron chi connectivity index (χ0n) is 11.2. The summed E-state index contributed by atoms with van der Waals surface area (Å²) in [5.74, 6) is 0.889. The lowest BCUT2D eigenvalue weighted by atomic mass is 9.80. The Bertz CT molecular complexity index is 422. The molecule has 1 fully saturated rings. The van der Waals surface area contributed by atoms with Crippen molar-refractivity contribution in [1.29, 1.82) is 0 Å². The summed E-state index contributed by atoms with van der Waals surface area (Å²) in [7, 11) is 1.88. The van der Waals surface area contributed by atoms with E-state index in [-0.39, 0.29) is 17.4 Å². The third-order valence-electron chi connectivity index (χ3n) is 3.74. The molecule has 2 heterocycles. The molecule has 0 bridgehead atoms. The first-order valence-corrected chi connectivity index (χ1v) is 6.38. The number of aryl methyl sites for hydroxylation is 1. The number of amides is 1. The Kier molecular flexibility index (Phi) is 3.65. The van der Waals surface area contributed by atoms with E-state index in [4.69, 9.17) is 0 Å². The van der Waals surface area contributed by atoms with Gasteiger partial charge in [0, 0.05) is 12.5 Å². The van der Waals surface area contributed by atoms with Gasteiger partial charge in [-0.05, 0) is 32.9 Å². The van der Waals surface area contributed by atoms with Crippen molar-refractivity contribution in [2.45, 2.75) is 32.7 Å². The van der Waals surface area contributed by atoms with Crippen molar-refractivity contribution in [3.8, 4) is 0 Å². The topological polar surface area (TPSA) is 71.8 Å². The first-order valence-electron chi connectivity index (χ1n) is 6.38. The van der Waals surface area contributed by atoms with E-state index in [0.29, 0.717) is 0 Å². The summed E-state index contributed by atoms with van der Waals surface area (Å²) in [4.78, 5) is 12.3. The van der Waals surface area contributed by atoms with Crippen LogP contribution in [-0.2, 0) is 11.8 Å². The zero-order chi connectivity index (χ0) is 13.2. The van der Waals surface area contributed by atoms with Gasteiger partial charge in [-0.2, -0.15) is 0 Å². The molecule has 0 aromatic carbocycles. The number of carbonyl (C=O) groups excluding carboxylic acids is 1. The predicted molar refractivity (Wildman–Crippen MR) is 67.8 cm³/mol. The number of hydrogen-bond donors (Lipinski definition) is 2. The van der Waals surface area contributed by atoms with E-state index in [1.807, 2.05) is 25.5 Å². The minimum absolute atomic E-state index is 0.111. The third kappa shape index (κ3) is 2.53. The number of piperidine rings is 1. The van der Waals surface area contributed by atoms with Crippen LogP contribution in [-0.4, -0.2) is 33.8 Å². The van der Waals surface area contributed by atoms with Gasteiger partial charge in [0.05, 0.1) is 6.04 Å². The Hall–Kier alpha value is -1.43. The van der Waals surface area contributed by atoms with Crippen molar-refractivity contribution in [3.63, 3.8) is 0 Å². The lowest BCUT2D eigenvalue weighted by molar-refractivity contribution is -0.132. The van der Waals surface area contributed by atoms with Crippen LogP contribution in [0.3, 0.4) is 0 Å². The number of hydrogen-bond acceptors (Lipinski definition) is 4. The van der Waals surface area contributed by atoms with Crippen LogP contribution in [0.1, 0.15) is 38.6 Å². The number of nitrogens with zero attached hydrogens (tertiary/aromatic N) is 3. The molecule has 1 atom stereocenters. The highest BCUT2D eigenvalue weighted by atomic mass is 16.2. The lowest BCUT2D eigenvalue weighted by Gasteiger charge is -2.33. The Morgan fingerprint density at radius 3 is 2.78 bits per heavy atom. The van der Waals surface area contributed by atoms with E-state index in [1.54, 1.807) is 6.33 Å². The van der Waals surface area contributed by atoms with Crippen molar-refractivity contribution in [1.82, 2.24) is 25.4 Å². The second kappa shape index (κ2) is 5.06. The maximum atomic E-state index is 12.3. The van der Waals surface area contributed by atoms with Crippen molar-refractivity contribution in [2.24, 2.45) is 12.5 Å². The molecule has 1 unspecified atom stereocenters. The van der Waals surface area contributed by atoms with Crippen molar-refractivity contribution in [2.75, 3.05) is 13.1 Å². The van der Waals surface area contributed by atoms with E-state index in [2.05, 4.69) is 20.8 Å². The molecule has 0 aliphatic carbocycles. The fourth-order valence-electron chi connectivity index (χ4n) is 2.33. The molecule has 6 heteroatoms. The maximum Gasteiger partial charge on any atom is 0.226 e. The molecule has 0 saturated carbocycles. The van der Waals surface area contributed by atoms with Gasteiger partial charge in [0.15, 0.2) is 5.82 Å². The Balaban J connectivity index is 2.01. The van der Waals surface area contributed by atoms with Gasteiger partial charge in [-0.3, -0.25) is 4.79 Å². The lowest BCUT2D eigenvalue weighted by Crippen LogP contribution is -2.46. The molecule has 1 saturated heterocycles. The summed E-state index contributed by atoms with van der Waals surface area (Å²) in [5.41, 5.74) is -0.266. The number of nitrogens with one attached hydrogen (secondary N) is 2. The maximum absolute atomic E-state index is 12.3. The average Bonchev–Trinajstić information content (AvgIpc) is 2.76. The molecule has 1 aliphatic heterocycles. The normalized spacial score (nSPS) is 20.4. The van der Waals surface area contributed by atoms with Crippen LogP contribution in [0.25, 0.3) is 0 Å². The van der Waals surface area contributed by atoms with Crippen LogP contribution in [0.4, 0.5) is 0 Å². The van der Waals surface area contributed by atoms with Gasteiger partial charge in [-0.1, -0.05) is 6.92 Å². The second-order valence-corrected chi connectivity index (χ2v) is 5.31. The molecule has 0 spiro atoms. The largest absolute Gasteiger partial charge is 0.346 e. The van der Waals surface area contributed by atoms with Gasteiger partial charge in [0.25, 0.3) is 0 Å². The molecule has 1 aromatic heterocycles. The van der Waals surface area contributed by atoms with Gasteiger partial charge >= 0.3 is 0 Å². The predicted octanol–water partition coefficient (Wildman–Crippen LogP) is 0.382. The molecule has 1 amide bonds. The van der Waals surface area contributed by atoms with E-state index in [0.717, 1.165) is 31.8 Å². The van der Waals surface area contributed by atoms with Gasteiger partial charge in [0.1, 0.15) is 6.33 Å². The van der Waals surface area contributed by atoms with Gasteiger partial charge in [-0.15, -0.1) is 10.2 Å². The molecule has 0 radical (unpaired) electrons. The number of carbonyl (C=O) groups is 1. The SMILES string of the molecule is CC(NC(=O)C1(C)CCNCC1)c1nncn1C. The minimum Gasteiger partial charge on any atom is -0.346 e. The number of aromatic nitrogens is 3. The minimum atomic E-state index is -0.266. The van der Waals surface area contributed by atoms with Crippen molar-refractivity contribution >= 4 is 5.91 Å². The molecule has 18 heavy (non-hydrogen) atoms. The fourth-order valence-corrected chi connectivity index (χ4v) is 2.33. The van der Waals surface area contributed by atoms with Crippen LogP contribution in [0.5, 0.6) is 0 Å². The molecule has 1 aromatic rings. The first-order chi connectivity index (χ1) is 8.53. The Morgan fingerprint density at radius 2 is 2.22 bits per heavy atom. The molecule has 1 aliphatic rings. The van der Waals surface area contributed by atoms with E-state index < -0.39 is 0 Å². The molecular formula is C12H21N5O. The fraction of sp³-hybridized carbons (Fsp3) is 0.750. The summed E-state index contributed by atoms with van der Waals surface area (Å²) in [5, 5.41) is 14.2. The highest BCUT2D eigenvalue weighted by Crippen LogP contribution is 2.28. The zero-order valence-corrected chi connectivity index (χ0v) is 11.2. The highest BCUT2D eigenvalue weighted by Gasteiger charge is 2.35. The van der Waals surface area contributed by atoms with Crippen LogP contribution in [0, 0.1) is 5.41 Å². The third-order valence-corrected chi connectivity index (χ3v) is 3.74. The van der Waals surface area contributed by atoms with Crippen molar-refractivity contribution in [3.05, 3.63) is 12.2 Å². The molecule has 6 nitrogen and oxygen atoms in total. The monoisotopic (exact) mass is 251 g/mol. The van der Waals surface area contributed by atoms with Gasteiger partial charge < -0.3 is 15.2 Å². The van der Waals surface area contributed by atoms with Gasteiger partial charge in [0.2, 0.25) is 5.91 Å². The number of rotatable bonds is 3. The first kappa shape index (κ1) is 13.0. The van der Waals surface area contributed by atoms with E-state index >= 15 is 0 Å². The second-order valence-electron chi connectivity index (χ2n) is 5.31. The van der Waals surface area contributed by atoms with E-state index in [1.165, 1.54) is 0 Å². The molecule has 2 N–H and O–H groups in total. The summed E-state index contributed by atoms with van der Waals surface area (Å²) >= 11 is 0. The van der Waals surface area contributed by atoms with Crippen molar-refractivity contribution < 1.29 is 4.79 Å². The summed E-state index contributed by atoms with van der Waals surface area (Å²) < 4.78 is 1.83. The van der Waals surface area contributed by atoms with Crippen LogP contribution < -0.4 is 10.6 Å². The standard InChI is InChI=1S/C12H21N5O/c1-9(10-16-14-8-17(10)3)15-11(18)12(2)4-6-13-7-5-12/h8-9,13H,4-7H2,1-3H3,(H,15,18).